The van der Waals surface area contributed by atoms with Crippen LogP contribution in [0.3, 0.4) is 0 Å². The number of rotatable bonds is 7. The number of carbonyl (C=O) groups is 1. The van der Waals surface area contributed by atoms with Crippen molar-refractivity contribution in [2.45, 2.75) is 45.6 Å². The van der Waals surface area contributed by atoms with Gasteiger partial charge in [-0.2, -0.15) is 0 Å². The van der Waals surface area contributed by atoms with Crippen molar-refractivity contribution in [3.8, 4) is 16.3 Å². The Labute approximate surface area is 200 Å². The first-order chi connectivity index (χ1) is 16.6. The second-order valence-electron chi connectivity index (χ2n) is 8.73. The van der Waals surface area contributed by atoms with Gasteiger partial charge in [-0.1, -0.05) is 13.0 Å². The molecule has 0 aliphatic heterocycles. The van der Waals surface area contributed by atoms with Gasteiger partial charge in [-0.3, -0.25) is 14.2 Å². The monoisotopic (exact) mass is 471 g/mol. The van der Waals surface area contributed by atoms with Gasteiger partial charge in [-0.15, -0.1) is 16.4 Å². The first kappa shape index (κ1) is 20.9. The van der Waals surface area contributed by atoms with Crippen molar-refractivity contribution < 1.29 is 4.79 Å². The van der Waals surface area contributed by atoms with Gasteiger partial charge in [-0.05, 0) is 49.6 Å². The fourth-order valence-corrected chi connectivity index (χ4v) is 5.03. The molecule has 9 heteroatoms. The topological polar surface area (TPSA) is 92.9 Å². The fraction of sp³-hybridized carbons (Fsp3) is 0.280. The Morgan fingerprint density at radius 2 is 2.09 bits per heavy atom. The molecule has 2 N–H and O–H groups in total. The Hall–Kier alpha value is -3.72. The molecular weight excluding hydrogens is 446 g/mol. The highest BCUT2D eigenvalue weighted by Gasteiger charge is 2.24. The Kier molecular flexibility index (Phi) is 5.06. The zero-order valence-corrected chi connectivity index (χ0v) is 19.9. The molecule has 5 aromatic rings. The van der Waals surface area contributed by atoms with Crippen molar-refractivity contribution in [2.75, 3.05) is 0 Å². The minimum Gasteiger partial charge on any atom is -0.348 e. The number of carbonyl (C=O) groups excluding carboxylic acids is 1. The molecule has 0 unspecified atom stereocenters. The van der Waals surface area contributed by atoms with Gasteiger partial charge < -0.3 is 5.32 Å². The van der Waals surface area contributed by atoms with Crippen molar-refractivity contribution in [1.82, 2.24) is 34.7 Å². The molecule has 34 heavy (non-hydrogen) atoms. The van der Waals surface area contributed by atoms with E-state index < -0.39 is 0 Å². The smallest absolute Gasteiger partial charge is 0.253 e. The summed E-state index contributed by atoms with van der Waals surface area (Å²) in [6.45, 7) is 4.56. The average molecular weight is 472 g/mol. The van der Waals surface area contributed by atoms with Crippen molar-refractivity contribution in [3.05, 3.63) is 76.4 Å². The number of imidazole rings is 1. The van der Waals surface area contributed by atoms with Gasteiger partial charge in [0.2, 0.25) is 0 Å². The summed E-state index contributed by atoms with van der Waals surface area (Å²) in [5, 5.41) is 10.3. The molecule has 5 aromatic heterocycles. The summed E-state index contributed by atoms with van der Waals surface area (Å²) in [4.78, 5) is 24.8. The van der Waals surface area contributed by atoms with Crippen LogP contribution in [0, 0.1) is 6.92 Å². The third-order valence-corrected chi connectivity index (χ3v) is 7.26. The van der Waals surface area contributed by atoms with Crippen molar-refractivity contribution in [1.29, 1.82) is 0 Å². The van der Waals surface area contributed by atoms with Crippen LogP contribution in [0.25, 0.3) is 21.9 Å². The van der Waals surface area contributed by atoms with Crippen LogP contribution in [-0.2, 0) is 13.0 Å². The number of thiophene rings is 1. The minimum atomic E-state index is -0.146. The predicted octanol–water partition coefficient (Wildman–Crippen LogP) is 4.65. The van der Waals surface area contributed by atoms with Gasteiger partial charge in [-0.25, -0.2) is 14.9 Å². The third-order valence-electron chi connectivity index (χ3n) is 6.23. The molecule has 172 valence electrons. The van der Waals surface area contributed by atoms with Gasteiger partial charge in [0.15, 0.2) is 11.5 Å². The lowest BCUT2D eigenvalue weighted by Crippen LogP contribution is -2.24. The number of aryl methyl sites for hydroxylation is 2. The SMILES string of the molecule is CCc1n[nH]n1-c1cc(C(=O)NCc2ccc(C3CC3)nc2)cn2c(-c3ccc(C)s3)cnc12. The zero-order valence-electron chi connectivity index (χ0n) is 19.1. The second-order valence-corrected chi connectivity index (χ2v) is 10.0. The van der Waals surface area contributed by atoms with Crippen molar-refractivity contribution >= 4 is 22.9 Å². The molecule has 0 saturated heterocycles. The van der Waals surface area contributed by atoms with E-state index in [4.69, 9.17) is 4.98 Å². The van der Waals surface area contributed by atoms with E-state index >= 15 is 0 Å². The molecule has 5 heterocycles. The number of nitrogens with zero attached hydrogens (tertiary/aromatic N) is 5. The summed E-state index contributed by atoms with van der Waals surface area (Å²) in [7, 11) is 0. The van der Waals surface area contributed by atoms with E-state index in [1.807, 2.05) is 40.7 Å². The molecule has 6 rings (SSSR count). The van der Waals surface area contributed by atoms with E-state index in [1.54, 1.807) is 11.3 Å². The maximum absolute atomic E-state index is 13.2. The molecule has 1 aliphatic carbocycles. The number of aromatic nitrogens is 6. The van der Waals surface area contributed by atoms with Gasteiger partial charge in [0.25, 0.3) is 5.91 Å². The molecule has 0 spiro atoms. The zero-order chi connectivity index (χ0) is 23.2. The Bertz CT molecular complexity index is 1480. The van der Waals surface area contributed by atoms with Crippen LogP contribution in [0.5, 0.6) is 0 Å². The lowest BCUT2D eigenvalue weighted by atomic mass is 10.2. The van der Waals surface area contributed by atoms with Crippen LogP contribution < -0.4 is 5.32 Å². The molecule has 1 aliphatic rings. The third kappa shape index (κ3) is 3.71. The van der Waals surface area contributed by atoms with Gasteiger partial charge in [0, 0.05) is 41.8 Å². The standard InChI is InChI=1S/C25H25N7OS/c1-3-23-29-30-32(23)20-10-18(14-31-21(13-27-24(20)31)22-9-4-15(2)34-22)25(33)28-12-16-5-8-19(26-11-16)17-6-7-17/h4-5,8-11,13-14,17,30H,3,6-7,12H2,1-2H3,(H,28,33). The number of amides is 1. The van der Waals surface area contributed by atoms with Crippen LogP contribution in [0.15, 0.2) is 48.9 Å². The van der Waals surface area contributed by atoms with Gasteiger partial charge >= 0.3 is 0 Å². The van der Waals surface area contributed by atoms with Crippen LogP contribution in [0.1, 0.15) is 58.0 Å². The summed E-state index contributed by atoms with van der Waals surface area (Å²) in [5.41, 5.74) is 5.22. The predicted molar refractivity (Wildman–Crippen MR) is 131 cm³/mol. The quantitative estimate of drug-likeness (QED) is 0.361. The number of fused-ring (bicyclic) bond motifs is 1. The number of aromatic amines is 1. The van der Waals surface area contributed by atoms with E-state index in [2.05, 4.69) is 51.8 Å². The largest absolute Gasteiger partial charge is 0.348 e. The van der Waals surface area contributed by atoms with Crippen molar-refractivity contribution in [3.63, 3.8) is 0 Å². The molecule has 1 fully saturated rings. The van der Waals surface area contributed by atoms with E-state index in [1.165, 1.54) is 17.7 Å². The summed E-state index contributed by atoms with van der Waals surface area (Å²) in [5.74, 6) is 1.38. The molecule has 0 radical (unpaired) electrons. The van der Waals surface area contributed by atoms with Crippen LogP contribution in [0.4, 0.5) is 0 Å². The first-order valence-electron chi connectivity index (χ1n) is 11.5. The van der Waals surface area contributed by atoms with Crippen LogP contribution in [-0.4, -0.2) is 35.3 Å². The van der Waals surface area contributed by atoms with E-state index in [9.17, 15) is 4.79 Å². The molecular formula is C25H25N7OS. The van der Waals surface area contributed by atoms with E-state index in [0.29, 0.717) is 18.0 Å². The van der Waals surface area contributed by atoms with E-state index in [-0.39, 0.29) is 5.91 Å². The average Bonchev–Trinajstić information content (AvgIpc) is 3.45. The summed E-state index contributed by atoms with van der Waals surface area (Å²) in [6, 6.07) is 10.2. The Morgan fingerprint density at radius 3 is 2.74 bits per heavy atom. The maximum Gasteiger partial charge on any atom is 0.253 e. The number of hydrogen-bond donors (Lipinski definition) is 2. The molecule has 0 atom stereocenters. The normalized spacial score (nSPS) is 13.6. The number of nitrogens with one attached hydrogen (secondary N) is 2. The minimum absolute atomic E-state index is 0.146. The number of H-pyrrole nitrogens is 1. The summed E-state index contributed by atoms with van der Waals surface area (Å²) in [6.07, 6.45) is 8.82. The first-order valence-corrected chi connectivity index (χ1v) is 12.4. The Balaban J connectivity index is 1.34. The highest BCUT2D eigenvalue weighted by molar-refractivity contribution is 7.15. The molecule has 0 bridgehead atoms. The fourth-order valence-electron chi connectivity index (χ4n) is 4.16. The summed E-state index contributed by atoms with van der Waals surface area (Å²) >= 11 is 1.71. The Morgan fingerprint density at radius 1 is 1.21 bits per heavy atom. The second kappa shape index (κ2) is 8.25. The number of pyridine rings is 2. The lowest BCUT2D eigenvalue weighted by molar-refractivity contribution is 0.0950. The van der Waals surface area contributed by atoms with Gasteiger partial charge in [0.05, 0.1) is 22.3 Å². The van der Waals surface area contributed by atoms with Crippen LogP contribution >= 0.6 is 11.3 Å². The maximum atomic E-state index is 13.2. The number of hydrogen-bond acceptors (Lipinski definition) is 5. The summed E-state index contributed by atoms with van der Waals surface area (Å²) < 4.78 is 3.89. The highest BCUT2D eigenvalue weighted by Crippen LogP contribution is 2.38. The van der Waals surface area contributed by atoms with Crippen LogP contribution in [0.2, 0.25) is 0 Å². The lowest BCUT2D eigenvalue weighted by Gasteiger charge is -2.17. The molecule has 0 aromatic carbocycles. The van der Waals surface area contributed by atoms with Crippen molar-refractivity contribution in [2.24, 2.45) is 0 Å². The molecule has 8 nitrogen and oxygen atoms in total. The van der Waals surface area contributed by atoms with E-state index in [0.717, 1.165) is 45.4 Å². The highest BCUT2D eigenvalue weighted by atomic mass is 32.1. The van der Waals surface area contributed by atoms with Gasteiger partial charge in [0.1, 0.15) is 5.69 Å². The molecule has 1 saturated carbocycles. The molecule has 1 amide bonds.